The summed E-state index contributed by atoms with van der Waals surface area (Å²) in [5, 5.41) is 9.04. The molecule has 1 saturated heterocycles. The second-order valence-electron chi connectivity index (χ2n) is 7.66. The molecule has 1 atom stereocenters. The largest absolute Gasteiger partial charge is 0.340 e. The number of nitrogens with one attached hydrogen (secondary N) is 2. The topological polar surface area (TPSA) is 66.9 Å². The minimum atomic E-state index is -0.747. The monoisotopic (exact) mass is 394 g/mol. The Kier molecular flexibility index (Phi) is 4.73. The van der Waals surface area contributed by atoms with Crippen LogP contribution in [-0.2, 0) is 0 Å². The van der Waals surface area contributed by atoms with Crippen LogP contribution in [0.15, 0.2) is 85.1 Å². The maximum atomic E-state index is 13.3. The van der Waals surface area contributed by atoms with E-state index in [4.69, 9.17) is 4.98 Å². The summed E-state index contributed by atoms with van der Waals surface area (Å²) >= 11 is 0. The van der Waals surface area contributed by atoms with Crippen molar-refractivity contribution >= 4 is 22.5 Å². The molecule has 0 aliphatic carbocycles. The lowest BCUT2D eigenvalue weighted by molar-refractivity contribution is 0.0916. The van der Waals surface area contributed by atoms with Gasteiger partial charge in [-0.1, -0.05) is 66.7 Å². The number of ketones is 1. The summed E-state index contributed by atoms with van der Waals surface area (Å²) in [5.41, 5.74) is 1.79. The van der Waals surface area contributed by atoms with Crippen LogP contribution in [0.25, 0.3) is 22.0 Å². The normalized spacial score (nSPS) is 18.4. The first-order valence-corrected chi connectivity index (χ1v) is 10.1. The zero-order chi connectivity index (χ0) is 20.4. The molecule has 0 bridgehead atoms. The number of fused-ring (bicyclic) bond motifs is 1. The molecule has 30 heavy (non-hydrogen) atoms. The van der Waals surface area contributed by atoms with Gasteiger partial charge < -0.3 is 10.6 Å². The van der Waals surface area contributed by atoms with Crippen LogP contribution in [-0.4, -0.2) is 34.4 Å². The molecule has 0 unspecified atom stereocenters. The van der Waals surface area contributed by atoms with E-state index in [0.29, 0.717) is 24.5 Å². The Hall–Kier alpha value is -3.57. The summed E-state index contributed by atoms with van der Waals surface area (Å²) in [6, 6.07) is 25.9. The van der Waals surface area contributed by atoms with Gasteiger partial charge in [0.15, 0.2) is 5.78 Å². The van der Waals surface area contributed by atoms with Gasteiger partial charge in [0.25, 0.3) is 0 Å². The molecule has 1 aliphatic heterocycles. The standard InChI is InChI=1S/C25H22N4O/c30-23(19-7-2-1-3-8-19)25(13-15-26-17-25)29-24-27-14-12-22(28-24)21-11-10-18-6-4-5-9-20(18)16-21/h1-12,14,16,26H,13,15,17H2,(H,27,28,29)/t25-/m0/s1. The second kappa shape index (κ2) is 7.69. The van der Waals surface area contributed by atoms with E-state index in [2.05, 4.69) is 45.9 Å². The highest BCUT2D eigenvalue weighted by molar-refractivity contribution is 6.05. The lowest BCUT2D eigenvalue weighted by Gasteiger charge is -2.28. The first kappa shape index (κ1) is 18.5. The molecule has 0 amide bonds. The van der Waals surface area contributed by atoms with Crippen LogP contribution in [0.3, 0.4) is 0 Å². The first-order valence-electron chi connectivity index (χ1n) is 10.1. The molecule has 5 rings (SSSR count). The van der Waals surface area contributed by atoms with E-state index in [9.17, 15) is 4.79 Å². The average molecular weight is 394 g/mol. The summed E-state index contributed by atoms with van der Waals surface area (Å²) in [6.07, 6.45) is 2.42. The summed E-state index contributed by atoms with van der Waals surface area (Å²) < 4.78 is 0. The van der Waals surface area contributed by atoms with E-state index in [0.717, 1.165) is 17.8 Å². The zero-order valence-corrected chi connectivity index (χ0v) is 16.5. The smallest absolute Gasteiger partial charge is 0.224 e. The lowest BCUT2D eigenvalue weighted by atomic mass is 9.88. The van der Waals surface area contributed by atoms with E-state index >= 15 is 0 Å². The highest BCUT2D eigenvalue weighted by Gasteiger charge is 2.42. The molecule has 1 aromatic heterocycles. The summed E-state index contributed by atoms with van der Waals surface area (Å²) in [6.45, 7) is 1.32. The highest BCUT2D eigenvalue weighted by Crippen LogP contribution is 2.27. The summed E-state index contributed by atoms with van der Waals surface area (Å²) in [5.74, 6) is 0.529. The number of hydrogen-bond acceptors (Lipinski definition) is 5. The predicted molar refractivity (Wildman–Crippen MR) is 120 cm³/mol. The van der Waals surface area contributed by atoms with Crippen molar-refractivity contribution in [2.45, 2.75) is 12.0 Å². The molecule has 0 saturated carbocycles. The van der Waals surface area contributed by atoms with Crippen molar-refractivity contribution in [3.8, 4) is 11.3 Å². The van der Waals surface area contributed by atoms with Crippen LogP contribution >= 0.6 is 0 Å². The molecule has 1 aliphatic rings. The number of anilines is 1. The molecule has 2 N–H and O–H groups in total. The van der Waals surface area contributed by atoms with E-state index in [-0.39, 0.29) is 5.78 Å². The number of aromatic nitrogens is 2. The van der Waals surface area contributed by atoms with Crippen LogP contribution in [0.4, 0.5) is 5.95 Å². The maximum absolute atomic E-state index is 13.3. The average Bonchev–Trinajstić information content (AvgIpc) is 3.28. The van der Waals surface area contributed by atoms with Crippen molar-refractivity contribution in [2.75, 3.05) is 18.4 Å². The third-order valence-corrected chi connectivity index (χ3v) is 5.68. The van der Waals surface area contributed by atoms with Crippen LogP contribution in [0.2, 0.25) is 0 Å². The number of carbonyl (C=O) groups excluding carboxylic acids is 1. The number of Topliss-reactive ketones (excluding diaryl/α,β-unsaturated/α-hetero) is 1. The molecule has 5 nitrogen and oxygen atoms in total. The van der Waals surface area contributed by atoms with Gasteiger partial charge in [-0.25, -0.2) is 9.97 Å². The van der Waals surface area contributed by atoms with Gasteiger partial charge in [0.1, 0.15) is 5.54 Å². The van der Waals surface area contributed by atoms with Gasteiger partial charge in [0, 0.05) is 23.9 Å². The highest BCUT2D eigenvalue weighted by atomic mass is 16.1. The number of nitrogens with zero attached hydrogens (tertiary/aromatic N) is 2. The number of carbonyl (C=O) groups is 1. The van der Waals surface area contributed by atoms with Crippen molar-refractivity contribution in [2.24, 2.45) is 0 Å². The third kappa shape index (κ3) is 3.44. The summed E-state index contributed by atoms with van der Waals surface area (Å²) in [4.78, 5) is 22.5. The molecular weight excluding hydrogens is 372 g/mol. The SMILES string of the molecule is O=C(c1ccccc1)[C@]1(Nc2nccc(-c3ccc4ccccc4c3)n2)CCNC1. The minimum absolute atomic E-state index is 0.0628. The van der Waals surface area contributed by atoms with Gasteiger partial charge in [-0.3, -0.25) is 4.79 Å². The van der Waals surface area contributed by atoms with Gasteiger partial charge in [-0.15, -0.1) is 0 Å². The van der Waals surface area contributed by atoms with Crippen molar-refractivity contribution in [3.63, 3.8) is 0 Å². The van der Waals surface area contributed by atoms with Gasteiger partial charge in [0.2, 0.25) is 5.95 Å². The Labute approximate surface area is 175 Å². The maximum Gasteiger partial charge on any atom is 0.224 e. The fraction of sp³-hybridized carbons (Fsp3) is 0.160. The Morgan fingerprint density at radius 1 is 0.933 bits per heavy atom. The van der Waals surface area contributed by atoms with Gasteiger partial charge in [-0.05, 0) is 35.9 Å². The molecule has 148 valence electrons. The quantitative estimate of drug-likeness (QED) is 0.494. The molecule has 5 heteroatoms. The van der Waals surface area contributed by atoms with Gasteiger partial charge in [0.05, 0.1) is 5.69 Å². The molecule has 4 aromatic rings. The predicted octanol–water partition coefficient (Wildman–Crippen LogP) is 4.32. The van der Waals surface area contributed by atoms with Crippen molar-refractivity contribution in [1.82, 2.24) is 15.3 Å². The molecule has 3 aromatic carbocycles. The lowest BCUT2D eigenvalue weighted by Crippen LogP contribution is -2.48. The Morgan fingerprint density at radius 3 is 2.53 bits per heavy atom. The van der Waals surface area contributed by atoms with Crippen LogP contribution in [0.1, 0.15) is 16.8 Å². The van der Waals surface area contributed by atoms with E-state index in [1.165, 1.54) is 10.8 Å². The number of benzene rings is 3. The van der Waals surface area contributed by atoms with Crippen molar-refractivity contribution in [1.29, 1.82) is 0 Å². The molecule has 1 fully saturated rings. The molecule has 0 radical (unpaired) electrons. The van der Waals surface area contributed by atoms with E-state index in [1.807, 2.05) is 48.5 Å². The van der Waals surface area contributed by atoms with Crippen LogP contribution in [0, 0.1) is 0 Å². The first-order chi connectivity index (χ1) is 14.7. The number of rotatable bonds is 5. The zero-order valence-electron chi connectivity index (χ0n) is 16.5. The van der Waals surface area contributed by atoms with E-state index in [1.54, 1.807) is 6.20 Å². The molecular formula is C25H22N4O. The van der Waals surface area contributed by atoms with Crippen molar-refractivity contribution in [3.05, 3.63) is 90.6 Å². The van der Waals surface area contributed by atoms with Crippen LogP contribution in [0.5, 0.6) is 0 Å². The van der Waals surface area contributed by atoms with Gasteiger partial charge in [-0.2, -0.15) is 0 Å². The van der Waals surface area contributed by atoms with E-state index < -0.39 is 5.54 Å². The Balaban J connectivity index is 1.47. The Bertz CT molecular complexity index is 1200. The fourth-order valence-corrected chi connectivity index (χ4v) is 4.06. The van der Waals surface area contributed by atoms with Crippen molar-refractivity contribution < 1.29 is 4.79 Å². The summed E-state index contributed by atoms with van der Waals surface area (Å²) in [7, 11) is 0. The Morgan fingerprint density at radius 2 is 1.73 bits per heavy atom. The molecule has 0 spiro atoms. The fourth-order valence-electron chi connectivity index (χ4n) is 4.06. The number of hydrogen-bond donors (Lipinski definition) is 2. The van der Waals surface area contributed by atoms with Gasteiger partial charge >= 0.3 is 0 Å². The minimum Gasteiger partial charge on any atom is -0.340 e. The second-order valence-corrected chi connectivity index (χ2v) is 7.66. The third-order valence-electron chi connectivity index (χ3n) is 5.68. The van der Waals surface area contributed by atoms with Crippen LogP contribution < -0.4 is 10.6 Å². The molecule has 2 heterocycles.